The molecule has 0 unspecified atom stereocenters. The van der Waals surface area contributed by atoms with Crippen LogP contribution in [0.2, 0.25) is 5.02 Å². The van der Waals surface area contributed by atoms with Crippen LogP contribution >= 0.6 is 22.9 Å². The van der Waals surface area contributed by atoms with E-state index in [1.54, 1.807) is 0 Å². The molecule has 0 fully saturated rings. The Hall–Kier alpha value is -3.65. The SMILES string of the molecule is Clc1ccc(-c2ccc3sc4cccc(C5=NC(c6ccccc6)=NC(c6ccccc6)=N[I-]5)c4c3c2)cc1. The van der Waals surface area contributed by atoms with Crippen LogP contribution in [0.3, 0.4) is 0 Å². The number of aliphatic imine (C=N–C) groups is 2. The third-order valence-electron chi connectivity index (χ3n) is 6.58. The first-order chi connectivity index (χ1) is 19.2. The number of thiophene rings is 1. The Bertz CT molecular complexity index is 1930. The molecular weight excluding hydrogens is 633 g/mol. The molecule has 39 heavy (non-hydrogen) atoms. The van der Waals surface area contributed by atoms with Gasteiger partial charge >= 0.3 is 247 Å². The maximum atomic E-state index is 6.15. The summed E-state index contributed by atoms with van der Waals surface area (Å²) in [6.45, 7) is 0. The third-order valence-corrected chi connectivity index (χ3v) is 9.94. The number of fused-ring (bicyclic) bond motifs is 3. The van der Waals surface area contributed by atoms with Crippen molar-refractivity contribution in [2.45, 2.75) is 0 Å². The molecule has 0 bridgehead atoms. The Morgan fingerprint density at radius 1 is 0.564 bits per heavy atom. The van der Waals surface area contributed by atoms with Gasteiger partial charge in [-0.3, -0.25) is 0 Å². The zero-order chi connectivity index (χ0) is 26.2. The van der Waals surface area contributed by atoms with Crippen molar-refractivity contribution in [3.63, 3.8) is 0 Å². The zero-order valence-corrected chi connectivity index (χ0v) is 24.3. The maximum absolute atomic E-state index is 6.15. The van der Waals surface area contributed by atoms with Gasteiger partial charge in [-0.1, -0.05) is 0 Å². The quantitative estimate of drug-likeness (QED) is 0.209. The Morgan fingerprint density at radius 3 is 2.00 bits per heavy atom. The van der Waals surface area contributed by atoms with Gasteiger partial charge in [0, 0.05) is 0 Å². The van der Waals surface area contributed by atoms with Gasteiger partial charge in [0.1, 0.15) is 0 Å². The molecule has 0 saturated carbocycles. The van der Waals surface area contributed by atoms with E-state index in [9.17, 15) is 0 Å². The predicted octanol–water partition coefficient (Wildman–Crippen LogP) is 6.03. The number of benzene rings is 5. The Balaban J connectivity index is 1.41. The molecule has 2 heterocycles. The van der Waals surface area contributed by atoms with Crippen molar-refractivity contribution in [3.8, 4) is 11.1 Å². The van der Waals surface area contributed by atoms with Gasteiger partial charge in [0.25, 0.3) is 0 Å². The van der Waals surface area contributed by atoms with Crippen LogP contribution in [0.1, 0.15) is 16.7 Å². The normalized spacial score (nSPS) is 13.8. The number of rotatable bonds is 4. The van der Waals surface area contributed by atoms with Gasteiger partial charge in [0.15, 0.2) is 0 Å². The second-order valence-electron chi connectivity index (χ2n) is 9.06. The Morgan fingerprint density at radius 2 is 1.26 bits per heavy atom. The average Bonchev–Trinajstić information content (AvgIpc) is 3.22. The molecule has 1 aromatic heterocycles. The molecule has 188 valence electrons. The molecule has 0 saturated heterocycles. The molecule has 0 amide bonds. The molecule has 1 aliphatic rings. The fourth-order valence-corrected chi connectivity index (χ4v) is 7.81. The van der Waals surface area contributed by atoms with Crippen molar-refractivity contribution >= 4 is 58.5 Å². The Kier molecular flexibility index (Phi) is 6.56. The molecule has 6 heteroatoms. The summed E-state index contributed by atoms with van der Waals surface area (Å²) in [7, 11) is 0. The molecule has 0 spiro atoms. The van der Waals surface area contributed by atoms with E-state index in [1.807, 2.05) is 59.9 Å². The van der Waals surface area contributed by atoms with Crippen LogP contribution in [-0.4, -0.2) is 15.4 Å². The average molecular weight is 653 g/mol. The predicted molar refractivity (Wildman–Crippen MR) is 162 cm³/mol. The van der Waals surface area contributed by atoms with Gasteiger partial charge < -0.3 is 0 Å². The Labute approximate surface area is 245 Å². The summed E-state index contributed by atoms with van der Waals surface area (Å²) < 4.78 is 8.59. The minimum absolute atomic E-state index is 0.698. The first-order valence-electron chi connectivity index (χ1n) is 12.4. The first-order valence-corrected chi connectivity index (χ1v) is 15.7. The fourth-order valence-electron chi connectivity index (χ4n) is 4.68. The molecule has 0 aliphatic carbocycles. The van der Waals surface area contributed by atoms with Crippen LogP contribution < -0.4 is 21.5 Å². The van der Waals surface area contributed by atoms with Crippen LogP contribution in [0.25, 0.3) is 31.3 Å². The van der Waals surface area contributed by atoms with Crippen molar-refractivity contribution in [3.05, 3.63) is 143 Å². The molecule has 7 rings (SSSR count). The first kappa shape index (κ1) is 24.4. The van der Waals surface area contributed by atoms with E-state index in [0.29, 0.717) is 5.84 Å². The van der Waals surface area contributed by atoms with Crippen molar-refractivity contribution in [1.82, 2.24) is 0 Å². The molecular formula is C33H20ClIN3S-. The van der Waals surface area contributed by atoms with Gasteiger partial charge in [-0.05, 0) is 0 Å². The van der Waals surface area contributed by atoms with E-state index in [0.717, 1.165) is 36.8 Å². The van der Waals surface area contributed by atoms with Gasteiger partial charge in [-0.15, -0.1) is 0 Å². The van der Waals surface area contributed by atoms with Gasteiger partial charge in [0.05, 0.1) is 0 Å². The number of halogens is 2. The number of nitrogens with zero attached hydrogens (tertiary/aromatic N) is 3. The van der Waals surface area contributed by atoms with Crippen LogP contribution in [0.15, 0.2) is 135 Å². The standard InChI is InChI=1S/C33H20ClIN3S/c34-25-17-14-21(15-18-25)24-16-19-28-27(20-24)30-26(12-7-13-29(30)39-28)31-35-38-33(23-10-5-2-6-11-23)37-32(36-31)22-8-3-1-4-9-22/h1-20H/q-1. The third kappa shape index (κ3) is 4.82. The second kappa shape index (κ2) is 10.5. The summed E-state index contributed by atoms with van der Waals surface area (Å²) in [5.74, 6) is 1.44. The van der Waals surface area contributed by atoms with Crippen LogP contribution in [0.5, 0.6) is 0 Å². The van der Waals surface area contributed by atoms with Crippen LogP contribution in [0, 0.1) is 0 Å². The molecule has 0 atom stereocenters. The summed E-state index contributed by atoms with van der Waals surface area (Å²) in [6, 6.07) is 41.6. The van der Waals surface area contributed by atoms with Crippen LogP contribution in [0.4, 0.5) is 0 Å². The van der Waals surface area contributed by atoms with Crippen molar-refractivity contribution in [2.24, 2.45) is 13.2 Å². The molecule has 5 aromatic carbocycles. The van der Waals surface area contributed by atoms with Gasteiger partial charge in [0.2, 0.25) is 0 Å². The van der Waals surface area contributed by atoms with E-state index < -0.39 is 21.5 Å². The van der Waals surface area contributed by atoms with E-state index >= 15 is 0 Å². The van der Waals surface area contributed by atoms with Crippen molar-refractivity contribution in [2.75, 3.05) is 0 Å². The molecule has 3 nitrogen and oxygen atoms in total. The minimum atomic E-state index is -0.798. The molecule has 6 aromatic rings. The van der Waals surface area contributed by atoms with E-state index in [-0.39, 0.29) is 0 Å². The summed E-state index contributed by atoms with van der Waals surface area (Å²) in [4.78, 5) is 10.2. The fraction of sp³-hybridized carbons (Fsp3) is 0. The van der Waals surface area contributed by atoms with Gasteiger partial charge in [-0.25, -0.2) is 0 Å². The van der Waals surface area contributed by atoms with Gasteiger partial charge in [-0.2, -0.15) is 0 Å². The van der Waals surface area contributed by atoms with E-state index in [2.05, 4.69) is 72.8 Å². The summed E-state index contributed by atoms with van der Waals surface area (Å²) in [5.41, 5.74) is 5.45. The van der Waals surface area contributed by atoms with Crippen molar-refractivity contribution in [1.29, 1.82) is 0 Å². The monoisotopic (exact) mass is 652 g/mol. The summed E-state index contributed by atoms with van der Waals surface area (Å²) in [5, 5.41) is 3.21. The zero-order valence-electron chi connectivity index (χ0n) is 20.6. The number of hydrogen-bond acceptors (Lipinski definition) is 4. The molecule has 0 N–H and O–H groups in total. The van der Waals surface area contributed by atoms with E-state index in [4.69, 9.17) is 24.8 Å². The van der Waals surface area contributed by atoms with Crippen molar-refractivity contribution < 1.29 is 21.5 Å². The summed E-state index contributed by atoms with van der Waals surface area (Å²) >= 11 is 7.17. The second-order valence-corrected chi connectivity index (χ2v) is 12.6. The number of amidine groups is 2. The van der Waals surface area contributed by atoms with E-state index in [1.165, 1.54) is 25.7 Å². The molecule has 1 aliphatic heterocycles. The topological polar surface area (TPSA) is 37.1 Å². The summed E-state index contributed by atoms with van der Waals surface area (Å²) in [6.07, 6.45) is 0. The van der Waals surface area contributed by atoms with Crippen LogP contribution in [-0.2, 0) is 0 Å². The molecule has 0 radical (unpaired) electrons. The number of hydrogen-bond donors (Lipinski definition) is 0.